The Kier molecular flexibility index (Phi) is 3.56. The van der Waals surface area contributed by atoms with Crippen LogP contribution in [0.2, 0.25) is 0 Å². The van der Waals surface area contributed by atoms with Gasteiger partial charge in [0.05, 0.1) is 11.6 Å². The number of aryl methyl sites for hydroxylation is 1. The normalized spacial score (nSPS) is 18.4. The molecule has 1 aliphatic heterocycles. The molecule has 1 amide bonds. The van der Waals surface area contributed by atoms with Gasteiger partial charge in [-0.15, -0.1) is 10.2 Å². The summed E-state index contributed by atoms with van der Waals surface area (Å²) in [5.41, 5.74) is 2.44. The first-order valence-corrected chi connectivity index (χ1v) is 6.73. The quantitative estimate of drug-likeness (QED) is 0.909. The molecule has 0 saturated carbocycles. The Morgan fingerprint density at radius 2 is 2.30 bits per heavy atom. The monoisotopic (exact) mass is 272 g/mol. The molecule has 1 fully saturated rings. The van der Waals surface area contributed by atoms with Crippen molar-refractivity contribution < 1.29 is 9.53 Å². The molecular formula is C14H16N4O2. The van der Waals surface area contributed by atoms with Crippen LogP contribution in [0.15, 0.2) is 18.2 Å². The van der Waals surface area contributed by atoms with Crippen LogP contribution >= 0.6 is 0 Å². The predicted octanol–water partition coefficient (Wildman–Crippen LogP) is 1.24. The third-order valence-corrected chi connectivity index (χ3v) is 3.33. The number of ether oxygens (including phenoxy) is 1. The predicted molar refractivity (Wildman–Crippen MR) is 73.4 cm³/mol. The second-order valence-corrected chi connectivity index (χ2v) is 4.97. The summed E-state index contributed by atoms with van der Waals surface area (Å²) in [6.45, 7) is 3.24. The highest BCUT2D eigenvalue weighted by Gasteiger charge is 2.18. The molecule has 20 heavy (non-hydrogen) atoms. The molecule has 0 radical (unpaired) electrons. The van der Waals surface area contributed by atoms with E-state index in [2.05, 4.69) is 20.5 Å². The molecule has 1 N–H and O–H groups in total. The summed E-state index contributed by atoms with van der Waals surface area (Å²) >= 11 is 0. The molecule has 1 aliphatic rings. The maximum Gasteiger partial charge on any atom is 0.291 e. The first-order valence-electron chi connectivity index (χ1n) is 6.73. The lowest BCUT2D eigenvalue weighted by atomic mass is 10.2. The lowest BCUT2D eigenvalue weighted by Crippen LogP contribution is -2.33. The van der Waals surface area contributed by atoms with Gasteiger partial charge in [-0.2, -0.15) is 0 Å². The number of hydrogen-bond acceptors (Lipinski definition) is 5. The molecule has 0 aliphatic carbocycles. The molecule has 6 heteroatoms. The molecule has 0 unspecified atom stereocenters. The van der Waals surface area contributed by atoms with E-state index in [9.17, 15) is 4.79 Å². The minimum Gasteiger partial charge on any atom is -0.376 e. The van der Waals surface area contributed by atoms with Gasteiger partial charge < -0.3 is 10.1 Å². The maximum atomic E-state index is 12.0. The van der Waals surface area contributed by atoms with Crippen LogP contribution in [-0.4, -0.2) is 40.3 Å². The van der Waals surface area contributed by atoms with Crippen molar-refractivity contribution in [3.05, 3.63) is 29.6 Å². The standard InChI is InChI=1S/C14H16N4O2/c1-9-4-5-11-12(7-9)16-13(18-17-11)14(19)15-8-10-3-2-6-20-10/h4-5,7,10H,2-3,6,8H2,1H3,(H,15,19)/t10-/m0/s1. The smallest absolute Gasteiger partial charge is 0.291 e. The Morgan fingerprint density at radius 3 is 3.10 bits per heavy atom. The lowest BCUT2D eigenvalue weighted by Gasteiger charge is -2.09. The van der Waals surface area contributed by atoms with Crippen molar-refractivity contribution in [1.29, 1.82) is 0 Å². The van der Waals surface area contributed by atoms with Crippen molar-refractivity contribution in [3.63, 3.8) is 0 Å². The van der Waals surface area contributed by atoms with Gasteiger partial charge in [0.25, 0.3) is 5.91 Å². The zero-order chi connectivity index (χ0) is 13.9. The molecule has 1 atom stereocenters. The summed E-state index contributed by atoms with van der Waals surface area (Å²) in [6.07, 6.45) is 2.14. The molecule has 2 aromatic rings. The Labute approximate surface area is 116 Å². The average molecular weight is 272 g/mol. The van der Waals surface area contributed by atoms with Gasteiger partial charge in [-0.1, -0.05) is 6.07 Å². The molecule has 0 bridgehead atoms. The van der Waals surface area contributed by atoms with Gasteiger partial charge in [-0.25, -0.2) is 4.98 Å². The van der Waals surface area contributed by atoms with Gasteiger partial charge in [0.15, 0.2) is 0 Å². The summed E-state index contributed by atoms with van der Waals surface area (Å²) in [6, 6.07) is 5.68. The van der Waals surface area contributed by atoms with Gasteiger partial charge in [0, 0.05) is 13.2 Å². The second-order valence-electron chi connectivity index (χ2n) is 4.97. The van der Waals surface area contributed by atoms with E-state index in [1.54, 1.807) is 0 Å². The maximum absolute atomic E-state index is 12.0. The second kappa shape index (κ2) is 5.50. The van der Waals surface area contributed by atoms with Crippen LogP contribution in [0.3, 0.4) is 0 Å². The molecule has 6 nitrogen and oxygen atoms in total. The van der Waals surface area contributed by atoms with Gasteiger partial charge >= 0.3 is 0 Å². The van der Waals surface area contributed by atoms with Crippen LogP contribution in [0.25, 0.3) is 11.0 Å². The van der Waals surface area contributed by atoms with Crippen molar-refractivity contribution in [3.8, 4) is 0 Å². The highest BCUT2D eigenvalue weighted by molar-refractivity contribution is 5.91. The van der Waals surface area contributed by atoms with E-state index in [4.69, 9.17) is 4.74 Å². The number of nitrogens with one attached hydrogen (secondary N) is 1. The number of nitrogens with zero attached hydrogens (tertiary/aromatic N) is 3. The molecule has 1 aromatic carbocycles. The van der Waals surface area contributed by atoms with E-state index in [1.807, 2.05) is 25.1 Å². The highest BCUT2D eigenvalue weighted by atomic mass is 16.5. The molecule has 0 spiro atoms. The van der Waals surface area contributed by atoms with E-state index in [1.165, 1.54) is 0 Å². The van der Waals surface area contributed by atoms with Gasteiger partial charge in [0.2, 0.25) is 5.82 Å². The number of amides is 1. The van der Waals surface area contributed by atoms with E-state index in [0.29, 0.717) is 17.6 Å². The third kappa shape index (κ3) is 2.75. The van der Waals surface area contributed by atoms with Crippen LogP contribution < -0.4 is 5.32 Å². The fraction of sp³-hybridized carbons (Fsp3) is 0.429. The molecule has 104 valence electrons. The van der Waals surface area contributed by atoms with Crippen LogP contribution in [0.5, 0.6) is 0 Å². The minimum absolute atomic E-state index is 0.0982. The Hall–Kier alpha value is -2.08. The summed E-state index contributed by atoms with van der Waals surface area (Å²) < 4.78 is 5.45. The Morgan fingerprint density at radius 1 is 1.40 bits per heavy atom. The fourth-order valence-electron chi connectivity index (χ4n) is 2.23. The Balaban J connectivity index is 1.73. The average Bonchev–Trinajstić information content (AvgIpc) is 2.97. The zero-order valence-electron chi connectivity index (χ0n) is 11.3. The topological polar surface area (TPSA) is 77.0 Å². The molecule has 3 rings (SSSR count). The van der Waals surface area contributed by atoms with Crippen molar-refractivity contribution in [2.24, 2.45) is 0 Å². The first-order chi connectivity index (χ1) is 9.72. The van der Waals surface area contributed by atoms with Crippen LogP contribution in [0.1, 0.15) is 29.0 Å². The van der Waals surface area contributed by atoms with Gasteiger partial charge in [-0.3, -0.25) is 4.79 Å². The third-order valence-electron chi connectivity index (χ3n) is 3.33. The number of benzene rings is 1. The highest BCUT2D eigenvalue weighted by Crippen LogP contribution is 2.12. The van der Waals surface area contributed by atoms with Gasteiger partial charge in [0.1, 0.15) is 5.52 Å². The van der Waals surface area contributed by atoms with Crippen molar-refractivity contribution in [2.75, 3.05) is 13.2 Å². The molecule has 1 saturated heterocycles. The lowest BCUT2D eigenvalue weighted by molar-refractivity contribution is 0.0848. The van der Waals surface area contributed by atoms with Crippen LogP contribution in [0, 0.1) is 6.92 Å². The van der Waals surface area contributed by atoms with Crippen LogP contribution in [0.4, 0.5) is 0 Å². The minimum atomic E-state index is -0.309. The first kappa shape index (κ1) is 12.9. The number of fused-ring (bicyclic) bond motifs is 1. The zero-order valence-corrected chi connectivity index (χ0v) is 11.3. The number of carbonyl (C=O) groups excluding carboxylic acids is 1. The summed E-state index contributed by atoms with van der Waals surface area (Å²) in [5.74, 6) is -0.211. The molecular weight excluding hydrogens is 256 g/mol. The number of hydrogen-bond donors (Lipinski definition) is 1. The summed E-state index contributed by atoms with van der Waals surface area (Å²) in [5, 5.41) is 10.7. The van der Waals surface area contributed by atoms with E-state index >= 15 is 0 Å². The summed E-state index contributed by atoms with van der Waals surface area (Å²) in [4.78, 5) is 16.3. The largest absolute Gasteiger partial charge is 0.376 e. The fourth-order valence-corrected chi connectivity index (χ4v) is 2.23. The van der Waals surface area contributed by atoms with Crippen molar-refractivity contribution in [2.45, 2.75) is 25.9 Å². The van der Waals surface area contributed by atoms with E-state index in [-0.39, 0.29) is 17.8 Å². The number of aromatic nitrogens is 3. The number of carbonyl (C=O) groups is 1. The number of rotatable bonds is 3. The summed E-state index contributed by atoms with van der Waals surface area (Å²) in [7, 11) is 0. The van der Waals surface area contributed by atoms with Crippen molar-refractivity contribution in [1.82, 2.24) is 20.5 Å². The Bertz CT molecular complexity index is 638. The van der Waals surface area contributed by atoms with Crippen LogP contribution in [-0.2, 0) is 4.74 Å². The SMILES string of the molecule is Cc1ccc2nnc(C(=O)NC[C@@H]3CCCO3)nc2c1. The van der Waals surface area contributed by atoms with Gasteiger partial charge in [-0.05, 0) is 37.5 Å². The van der Waals surface area contributed by atoms with Crippen molar-refractivity contribution >= 4 is 16.9 Å². The molecule has 2 heterocycles. The molecule has 1 aromatic heterocycles. The van der Waals surface area contributed by atoms with E-state index in [0.717, 1.165) is 25.0 Å². The van der Waals surface area contributed by atoms with E-state index < -0.39 is 0 Å².